The summed E-state index contributed by atoms with van der Waals surface area (Å²) in [5.41, 5.74) is 1.13. The number of hydrogen-bond donors (Lipinski definition) is 0. The van der Waals surface area contributed by atoms with Gasteiger partial charge in [-0.3, -0.25) is 9.59 Å². The highest BCUT2D eigenvalue weighted by Crippen LogP contribution is 2.35. The van der Waals surface area contributed by atoms with Gasteiger partial charge < -0.3 is 19.3 Å². The molecular weight excluding hydrogens is 480 g/mol. The normalized spacial score (nSPS) is 15.9. The van der Waals surface area contributed by atoms with Crippen LogP contribution in [0.3, 0.4) is 0 Å². The summed E-state index contributed by atoms with van der Waals surface area (Å²) in [5.74, 6) is 1.48. The largest absolute Gasteiger partial charge is 0.493 e. The quantitative estimate of drug-likeness (QED) is 0.359. The van der Waals surface area contributed by atoms with Gasteiger partial charge >= 0.3 is 0 Å². The van der Waals surface area contributed by atoms with Gasteiger partial charge in [0.15, 0.2) is 11.5 Å². The molecule has 0 unspecified atom stereocenters. The third kappa shape index (κ3) is 5.87. The van der Waals surface area contributed by atoms with Crippen molar-refractivity contribution in [3.8, 4) is 11.5 Å². The Bertz CT molecular complexity index is 1130. The number of rotatable bonds is 10. The highest BCUT2D eigenvalue weighted by Gasteiger charge is 2.34. The molecule has 3 aromatic rings. The van der Waals surface area contributed by atoms with Gasteiger partial charge in [0.05, 0.1) is 18.0 Å². The molecule has 3 heterocycles. The zero-order chi connectivity index (χ0) is 24.8. The molecule has 2 atom stereocenters. The summed E-state index contributed by atoms with van der Waals surface area (Å²) < 4.78 is 11.6. The van der Waals surface area contributed by atoms with Crippen molar-refractivity contribution in [2.24, 2.45) is 5.92 Å². The van der Waals surface area contributed by atoms with Crippen LogP contribution >= 0.6 is 22.7 Å². The lowest BCUT2D eigenvalue weighted by molar-refractivity contribution is -0.135. The smallest absolute Gasteiger partial charge is 0.264 e. The number of methoxy groups -OCH3 is 1. The zero-order valence-electron chi connectivity index (χ0n) is 20.4. The van der Waals surface area contributed by atoms with E-state index < -0.39 is 0 Å². The Labute approximate surface area is 215 Å². The SMILES string of the molecule is CC[C@@H](C)CN(CC(=O)N1CCc2sccc2[C@@H]1COc1ccccc1OC)C(=O)c1cccs1. The van der Waals surface area contributed by atoms with Crippen molar-refractivity contribution in [1.29, 1.82) is 0 Å². The molecule has 0 radical (unpaired) electrons. The summed E-state index contributed by atoms with van der Waals surface area (Å²) in [7, 11) is 1.62. The molecule has 8 heteroatoms. The minimum Gasteiger partial charge on any atom is -0.493 e. The van der Waals surface area contributed by atoms with E-state index in [1.165, 1.54) is 16.2 Å². The average Bonchev–Trinajstić information content (AvgIpc) is 3.59. The Balaban J connectivity index is 1.54. The Kier molecular flexibility index (Phi) is 8.46. The highest BCUT2D eigenvalue weighted by atomic mass is 32.1. The zero-order valence-corrected chi connectivity index (χ0v) is 22.1. The first-order valence-electron chi connectivity index (χ1n) is 12.0. The molecule has 1 aliphatic heterocycles. The van der Waals surface area contributed by atoms with E-state index in [4.69, 9.17) is 9.47 Å². The molecule has 35 heavy (non-hydrogen) atoms. The van der Waals surface area contributed by atoms with Gasteiger partial charge in [-0.2, -0.15) is 0 Å². The van der Waals surface area contributed by atoms with Gasteiger partial charge in [0.25, 0.3) is 5.91 Å². The highest BCUT2D eigenvalue weighted by molar-refractivity contribution is 7.12. The number of fused-ring (bicyclic) bond motifs is 1. The maximum atomic E-state index is 13.7. The fourth-order valence-electron chi connectivity index (χ4n) is 4.32. The van der Waals surface area contributed by atoms with Gasteiger partial charge in [-0.25, -0.2) is 0 Å². The second-order valence-corrected chi connectivity index (χ2v) is 10.7. The fraction of sp³-hybridized carbons (Fsp3) is 0.407. The molecule has 0 bridgehead atoms. The summed E-state index contributed by atoms with van der Waals surface area (Å²) in [5, 5.41) is 3.97. The number of carbonyl (C=O) groups excluding carboxylic acids is 2. The fourth-order valence-corrected chi connectivity index (χ4v) is 5.94. The number of carbonyl (C=O) groups is 2. The van der Waals surface area contributed by atoms with Crippen LogP contribution in [0, 0.1) is 5.92 Å². The van der Waals surface area contributed by atoms with Crippen molar-refractivity contribution in [2.75, 3.05) is 33.4 Å². The van der Waals surface area contributed by atoms with Crippen LogP contribution in [0.5, 0.6) is 11.5 Å². The molecule has 0 fully saturated rings. The van der Waals surface area contributed by atoms with E-state index in [1.807, 2.05) is 46.7 Å². The summed E-state index contributed by atoms with van der Waals surface area (Å²) in [6, 6.07) is 13.1. The standard InChI is InChI=1S/C27H32N2O4S2/c1-4-19(2)16-28(27(31)25-10-7-14-34-25)17-26(30)29-13-11-24-20(12-15-35-24)21(29)18-33-23-9-6-5-8-22(23)32-3/h5-10,12,14-15,19,21H,4,11,13,16-18H2,1-3H3/t19-,21+/m1/s1. The van der Waals surface area contributed by atoms with Crippen LogP contribution in [0.1, 0.15) is 46.4 Å². The van der Waals surface area contributed by atoms with Crippen LogP contribution in [-0.2, 0) is 11.2 Å². The van der Waals surface area contributed by atoms with Gasteiger partial charge in [-0.05, 0) is 52.9 Å². The van der Waals surface area contributed by atoms with E-state index in [0.717, 1.165) is 18.4 Å². The second kappa shape index (κ2) is 11.7. The van der Waals surface area contributed by atoms with Gasteiger partial charge in [0, 0.05) is 18.0 Å². The Morgan fingerprint density at radius 3 is 2.63 bits per heavy atom. The van der Waals surface area contributed by atoms with E-state index in [0.29, 0.717) is 42.0 Å². The molecule has 2 aromatic heterocycles. The molecule has 0 saturated heterocycles. The summed E-state index contributed by atoms with van der Waals surface area (Å²) in [4.78, 5) is 32.5. The number of amides is 2. The van der Waals surface area contributed by atoms with E-state index in [-0.39, 0.29) is 24.4 Å². The predicted octanol–water partition coefficient (Wildman–Crippen LogP) is 5.51. The third-order valence-corrected chi connectivity index (χ3v) is 8.31. The van der Waals surface area contributed by atoms with Crippen LogP contribution < -0.4 is 9.47 Å². The Hall–Kier alpha value is -2.84. The molecule has 2 amide bonds. The van der Waals surface area contributed by atoms with E-state index in [2.05, 4.69) is 25.3 Å². The number of ether oxygens (including phenoxy) is 2. The monoisotopic (exact) mass is 512 g/mol. The minimum absolute atomic E-state index is 0.0521. The van der Waals surface area contributed by atoms with Crippen LogP contribution in [0.2, 0.25) is 0 Å². The van der Waals surface area contributed by atoms with Gasteiger partial charge in [-0.1, -0.05) is 38.5 Å². The molecule has 186 valence electrons. The lowest BCUT2D eigenvalue weighted by atomic mass is 10.00. The average molecular weight is 513 g/mol. The molecule has 0 aliphatic carbocycles. The number of thiophene rings is 2. The summed E-state index contributed by atoms with van der Waals surface area (Å²) >= 11 is 3.13. The van der Waals surface area contributed by atoms with Crippen LogP contribution in [0.4, 0.5) is 0 Å². The van der Waals surface area contributed by atoms with Crippen LogP contribution in [0.15, 0.2) is 53.2 Å². The number of hydrogen-bond acceptors (Lipinski definition) is 6. The van der Waals surface area contributed by atoms with Crippen molar-refractivity contribution >= 4 is 34.5 Å². The maximum absolute atomic E-state index is 13.7. The lowest BCUT2D eigenvalue weighted by Gasteiger charge is -2.37. The molecule has 4 rings (SSSR count). The van der Waals surface area contributed by atoms with E-state index >= 15 is 0 Å². The molecule has 1 aliphatic rings. The topological polar surface area (TPSA) is 59.1 Å². The second-order valence-electron chi connectivity index (χ2n) is 8.79. The Morgan fingerprint density at radius 2 is 1.91 bits per heavy atom. The Morgan fingerprint density at radius 1 is 1.11 bits per heavy atom. The van der Waals surface area contributed by atoms with Gasteiger partial charge in [0.1, 0.15) is 13.2 Å². The van der Waals surface area contributed by atoms with Crippen molar-refractivity contribution in [2.45, 2.75) is 32.7 Å². The first kappa shape index (κ1) is 25.3. The molecule has 0 N–H and O–H groups in total. The lowest BCUT2D eigenvalue weighted by Crippen LogP contribution is -2.48. The third-order valence-electron chi connectivity index (χ3n) is 6.46. The molecule has 1 aromatic carbocycles. The number of benzene rings is 1. The summed E-state index contributed by atoms with van der Waals surface area (Å²) in [6.07, 6.45) is 1.76. The van der Waals surface area contributed by atoms with Crippen molar-refractivity contribution in [1.82, 2.24) is 9.80 Å². The molecule has 0 saturated carbocycles. The van der Waals surface area contributed by atoms with E-state index in [9.17, 15) is 9.59 Å². The number of para-hydroxylation sites is 2. The first-order valence-corrected chi connectivity index (χ1v) is 13.7. The van der Waals surface area contributed by atoms with Crippen molar-refractivity contribution < 1.29 is 19.1 Å². The van der Waals surface area contributed by atoms with Crippen LogP contribution in [-0.4, -0.2) is 55.0 Å². The molecule has 6 nitrogen and oxygen atoms in total. The van der Waals surface area contributed by atoms with E-state index in [1.54, 1.807) is 23.3 Å². The van der Waals surface area contributed by atoms with Gasteiger partial charge in [0.2, 0.25) is 5.91 Å². The molecule has 0 spiro atoms. The van der Waals surface area contributed by atoms with Crippen molar-refractivity contribution in [3.63, 3.8) is 0 Å². The minimum atomic E-state index is -0.218. The first-order chi connectivity index (χ1) is 17.0. The predicted molar refractivity (Wildman–Crippen MR) is 141 cm³/mol. The maximum Gasteiger partial charge on any atom is 0.264 e. The van der Waals surface area contributed by atoms with Crippen molar-refractivity contribution in [3.05, 3.63) is 68.5 Å². The van der Waals surface area contributed by atoms with Gasteiger partial charge in [-0.15, -0.1) is 22.7 Å². The molecular formula is C27H32N2O4S2. The van der Waals surface area contributed by atoms with Crippen LogP contribution in [0.25, 0.3) is 0 Å². The summed E-state index contributed by atoms with van der Waals surface area (Å²) in [6.45, 7) is 5.76. The number of nitrogens with zero attached hydrogens (tertiary/aromatic N) is 2.